The van der Waals surface area contributed by atoms with E-state index in [9.17, 15) is 9.90 Å². The van der Waals surface area contributed by atoms with Crippen molar-refractivity contribution in [2.45, 2.75) is 19.9 Å². The summed E-state index contributed by atoms with van der Waals surface area (Å²) < 4.78 is 0. The van der Waals surface area contributed by atoms with Gasteiger partial charge in [0.2, 0.25) is 0 Å². The van der Waals surface area contributed by atoms with Crippen LogP contribution in [-0.4, -0.2) is 23.1 Å². The number of rotatable bonds is 4. The van der Waals surface area contributed by atoms with Crippen LogP contribution in [0.15, 0.2) is 24.3 Å². The highest BCUT2D eigenvalue weighted by atomic mass is 16.4. The number of aromatic carboxylic acids is 1. The van der Waals surface area contributed by atoms with Gasteiger partial charge in [-0.2, -0.15) is 0 Å². The van der Waals surface area contributed by atoms with Gasteiger partial charge in [0.25, 0.3) is 0 Å². The van der Waals surface area contributed by atoms with Crippen LogP contribution in [0.5, 0.6) is 0 Å². The van der Waals surface area contributed by atoms with Crippen molar-refractivity contribution in [1.29, 1.82) is 0 Å². The molecule has 0 saturated heterocycles. The number of para-hydroxylation sites is 1. The lowest BCUT2D eigenvalue weighted by Gasteiger charge is -2.09. The van der Waals surface area contributed by atoms with Gasteiger partial charge in [-0.1, -0.05) is 25.1 Å². The Kier molecular flexibility index (Phi) is 3.58. The molecule has 4 heteroatoms. The van der Waals surface area contributed by atoms with E-state index in [1.807, 2.05) is 32.2 Å². The Morgan fingerprint density at radius 3 is 2.83 bits per heavy atom. The molecule has 0 aliphatic carbocycles. The van der Waals surface area contributed by atoms with E-state index in [2.05, 4.69) is 10.3 Å². The molecule has 2 aromatic rings. The van der Waals surface area contributed by atoms with Gasteiger partial charge in [0.1, 0.15) is 0 Å². The van der Waals surface area contributed by atoms with E-state index in [4.69, 9.17) is 0 Å². The number of hydrogen-bond donors (Lipinski definition) is 2. The number of benzene rings is 1. The quantitative estimate of drug-likeness (QED) is 0.865. The van der Waals surface area contributed by atoms with E-state index < -0.39 is 5.97 Å². The van der Waals surface area contributed by atoms with Gasteiger partial charge in [0, 0.05) is 11.9 Å². The zero-order valence-corrected chi connectivity index (χ0v) is 10.5. The molecule has 0 amide bonds. The number of nitrogens with one attached hydrogen (secondary N) is 1. The number of aryl methyl sites for hydroxylation is 1. The topological polar surface area (TPSA) is 62.2 Å². The standard InChI is InChI=1S/C14H16N2O2/c1-3-9-5-4-6-11-12(14(17)18)7-10(8-15-2)16-13(9)11/h4-7,15H,3,8H2,1-2H3,(H,17,18). The summed E-state index contributed by atoms with van der Waals surface area (Å²) in [6, 6.07) is 7.33. The predicted molar refractivity (Wildman–Crippen MR) is 70.8 cm³/mol. The highest BCUT2D eigenvalue weighted by Gasteiger charge is 2.13. The van der Waals surface area contributed by atoms with Crippen LogP contribution in [0.25, 0.3) is 10.9 Å². The van der Waals surface area contributed by atoms with Crippen molar-refractivity contribution in [2.75, 3.05) is 7.05 Å². The van der Waals surface area contributed by atoms with Crippen LogP contribution in [0.3, 0.4) is 0 Å². The van der Waals surface area contributed by atoms with E-state index >= 15 is 0 Å². The molecule has 2 N–H and O–H groups in total. The van der Waals surface area contributed by atoms with Gasteiger partial charge in [-0.15, -0.1) is 0 Å². The Balaban J connectivity index is 2.76. The van der Waals surface area contributed by atoms with Crippen molar-refractivity contribution in [3.8, 4) is 0 Å². The van der Waals surface area contributed by atoms with Crippen LogP contribution in [0.4, 0.5) is 0 Å². The van der Waals surface area contributed by atoms with E-state index in [0.717, 1.165) is 23.2 Å². The van der Waals surface area contributed by atoms with E-state index in [0.29, 0.717) is 17.5 Å². The summed E-state index contributed by atoms with van der Waals surface area (Å²) in [5.41, 5.74) is 2.95. The minimum absolute atomic E-state index is 0.320. The third kappa shape index (κ3) is 2.19. The Hall–Kier alpha value is -1.94. The largest absolute Gasteiger partial charge is 0.478 e. The number of carbonyl (C=O) groups is 1. The van der Waals surface area contributed by atoms with Gasteiger partial charge in [0.15, 0.2) is 0 Å². The van der Waals surface area contributed by atoms with Crippen LogP contribution < -0.4 is 5.32 Å². The predicted octanol–water partition coefficient (Wildman–Crippen LogP) is 2.21. The first kappa shape index (κ1) is 12.5. The lowest BCUT2D eigenvalue weighted by molar-refractivity contribution is 0.0699. The number of aromatic nitrogens is 1. The average molecular weight is 244 g/mol. The second kappa shape index (κ2) is 5.14. The summed E-state index contributed by atoms with van der Waals surface area (Å²) in [6.45, 7) is 2.61. The third-order valence-corrected chi connectivity index (χ3v) is 2.95. The lowest BCUT2D eigenvalue weighted by atomic mass is 10.0. The Bertz CT molecular complexity index is 594. The van der Waals surface area contributed by atoms with Crippen molar-refractivity contribution >= 4 is 16.9 Å². The summed E-state index contributed by atoms with van der Waals surface area (Å²) in [5.74, 6) is -0.909. The number of hydrogen-bond acceptors (Lipinski definition) is 3. The van der Waals surface area contributed by atoms with Crippen LogP contribution in [0, 0.1) is 0 Å². The van der Waals surface area contributed by atoms with Gasteiger partial charge in [-0.05, 0) is 25.1 Å². The zero-order chi connectivity index (χ0) is 13.1. The van der Waals surface area contributed by atoms with Crippen molar-refractivity contribution < 1.29 is 9.90 Å². The van der Waals surface area contributed by atoms with Gasteiger partial charge in [-0.25, -0.2) is 4.79 Å². The summed E-state index contributed by atoms with van der Waals surface area (Å²) in [4.78, 5) is 15.9. The van der Waals surface area contributed by atoms with Gasteiger partial charge in [-0.3, -0.25) is 4.98 Å². The molecule has 1 aromatic heterocycles. The molecule has 4 nitrogen and oxygen atoms in total. The van der Waals surface area contributed by atoms with Gasteiger partial charge in [0.05, 0.1) is 16.8 Å². The maximum atomic E-state index is 11.3. The van der Waals surface area contributed by atoms with Crippen LogP contribution in [-0.2, 0) is 13.0 Å². The molecule has 0 unspecified atom stereocenters. The molecule has 0 aliphatic rings. The molecule has 0 spiro atoms. The molecule has 0 aliphatic heterocycles. The molecule has 94 valence electrons. The lowest BCUT2D eigenvalue weighted by Crippen LogP contribution is -2.10. The molecule has 0 saturated carbocycles. The summed E-state index contributed by atoms with van der Waals surface area (Å²) in [5, 5.41) is 13.0. The summed E-state index contributed by atoms with van der Waals surface area (Å²) in [6.07, 6.45) is 0.840. The summed E-state index contributed by atoms with van der Waals surface area (Å²) in [7, 11) is 1.82. The fourth-order valence-corrected chi connectivity index (χ4v) is 2.09. The molecule has 1 aromatic carbocycles. The zero-order valence-electron chi connectivity index (χ0n) is 10.5. The molecule has 0 radical (unpaired) electrons. The fourth-order valence-electron chi connectivity index (χ4n) is 2.09. The Morgan fingerprint density at radius 2 is 2.22 bits per heavy atom. The number of carboxylic acids is 1. The maximum absolute atomic E-state index is 11.3. The SMILES string of the molecule is CCc1cccc2c(C(=O)O)cc(CNC)nc12. The number of carboxylic acid groups (broad SMARTS) is 1. The smallest absolute Gasteiger partial charge is 0.336 e. The number of nitrogens with zero attached hydrogens (tertiary/aromatic N) is 1. The first-order valence-electron chi connectivity index (χ1n) is 5.96. The van der Waals surface area contributed by atoms with Gasteiger partial charge >= 0.3 is 5.97 Å². The van der Waals surface area contributed by atoms with Crippen molar-refractivity contribution in [1.82, 2.24) is 10.3 Å². The van der Waals surface area contributed by atoms with E-state index in [-0.39, 0.29) is 0 Å². The van der Waals surface area contributed by atoms with Crippen LogP contribution in [0.1, 0.15) is 28.5 Å². The Labute approximate surface area is 106 Å². The molecule has 1 heterocycles. The van der Waals surface area contributed by atoms with Crippen LogP contribution >= 0.6 is 0 Å². The minimum Gasteiger partial charge on any atom is -0.478 e. The molecular weight excluding hydrogens is 228 g/mol. The van der Waals surface area contributed by atoms with E-state index in [1.165, 1.54) is 0 Å². The molecule has 18 heavy (non-hydrogen) atoms. The normalized spacial score (nSPS) is 10.8. The monoisotopic (exact) mass is 244 g/mol. The molecule has 0 bridgehead atoms. The second-order valence-electron chi connectivity index (χ2n) is 4.16. The van der Waals surface area contributed by atoms with Crippen molar-refractivity contribution in [3.05, 3.63) is 41.1 Å². The van der Waals surface area contributed by atoms with E-state index in [1.54, 1.807) is 6.07 Å². The van der Waals surface area contributed by atoms with Crippen LogP contribution in [0.2, 0.25) is 0 Å². The minimum atomic E-state index is -0.909. The number of fused-ring (bicyclic) bond motifs is 1. The molecule has 0 atom stereocenters. The molecule has 2 rings (SSSR count). The van der Waals surface area contributed by atoms with Crippen molar-refractivity contribution in [3.63, 3.8) is 0 Å². The highest BCUT2D eigenvalue weighted by molar-refractivity contribution is 6.03. The fraction of sp³-hybridized carbons (Fsp3) is 0.286. The maximum Gasteiger partial charge on any atom is 0.336 e. The first-order valence-corrected chi connectivity index (χ1v) is 5.96. The summed E-state index contributed by atoms with van der Waals surface area (Å²) >= 11 is 0. The van der Waals surface area contributed by atoms with Gasteiger partial charge < -0.3 is 10.4 Å². The van der Waals surface area contributed by atoms with Crippen molar-refractivity contribution in [2.24, 2.45) is 0 Å². The highest BCUT2D eigenvalue weighted by Crippen LogP contribution is 2.22. The first-order chi connectivity index (χ1) is 8.67. The third-order valence-electron chi connectivity index (χ3n) is 2.95. The average Bonchev–Trinajstić information content (AvgIpc) is 2.37. The number of pyridine rings is 1. The Morgan fingerprint density at radius 1 is 1.44 bits per heavy atom. The molecular formula is C14H16N2O2. The molecule has 0 fully saturated rings. The second-order valence-corrected chi connectivity index (χ2v) is 4.16.